The van der Waals surface area contributed by atoms with Gasteiger partial charge in [-0.2, -0.15) is 0 Å². The number of rotatable bonds is 6. The van der Waals surface area contributed by atoms with Crippen molar-refractivity contribution in [1.29, 1.82) is 0 Å². The molecule has 1 heterocycles. The molecule has 3 N–H and O–H groups in total. The SMILES string of the molecule is CC(C)c1ccc(C(C)NC(=O)c2cc(S(N)(=O)=O)ccc2N2CCOCC2)cc1. The van der Waals surface area contributed by atoms with Crippen molar-refractivity contribution in [2.75, 3.05) is 31.2 Å². The number of morpholine rings is 1. The first-order chi connectivity index (χ1) is 14.2. The zero-order chi connectivity index (χ0) is 21.9. The summed E-state index contributed by atoms with van der Waals surface area (Å²) in [6.07, 6.45) is 0. The summed E-state index contributed by atoms with van der Waals surface area (Å²) in [5.74, 6) is 0.0865. The second-order valence-corrected chi connectivity index (χ2v) is 9.40. The van der Waals surface area contributed by atoms with Crippen molar-refractivity contribution < 1.29 is 17.9 Å². The molecule has 0 saturated carbocycles. The number of carbonyl (C=O) groups is 1. The normalized spacial score (nSPS) is 15.8. The van der Waals surface area contributed by atoms with Crippen molar-refractivity contribution in [3.63, 3.8) is 0 Å². The summed E-state index contributed by atoms with van der Waals surface area (Å²) in [6, 6.07) is 12.3. The van der Waals surface area contributed by atoms with Gasteiger partial charge in [0.2, 0.25) is 10.0 Å². The molecular formula is C22H29N3O4S. The molecule has 0 aromatic heterocycles. The summed E-state index contributed by atoms with van der Waals surface area (Å²) in [5.41, 5.74) is 3.16. The van der Waals surface area contributed by atoms with Gasteiger partial charge in [-0.15, -0.1) is 0 Å². The number of nitrogens with one attached hydrogen (secondary N) is 1. The summed E-state index contributed by atoms with van der Waals surface area (Å²) in [4.78, 5) is 15.1. The summed E-state index contributed by atoms with van der Waals surface area (Å²) in [7, 11) is -3.92. The Morgan fingerprint density at radius 3 is 2.20 bits per heavy atom. The van der Waals surface area contributed by atoms with E-state index < -0.39 is 10.0 Å². The summed E-state index contributed by atoms with van der Waals surface area (Å²) >= 11 is 0. The van der Waals surface area contributed by atoms with E-state index in [9.17, 15) is 13.2 Å². The van der Waals surface area contributed by atoms with E-state index in [0.717, 1.165) is 5.56 Å². The van der Waals surface area contributed by atoms with Crippen molar-refractivity contribution in [3.8, 4) is 0 Å². The van der Waals surface area contributed by atoms with Crippen LogP contribution in [0.2, 0.25) is 0 Å². The van der Waals surface area contributed by atoms with Crippen LogP contribution >= 0.6 is 0 Å². The van der Waals surface area contributed by atoms with Gasteiger partial charge in [-0.1, -0.05) is 38.1 Å². The van der Waals surface area contributed by atoms with Crippen molar-refractivity contribution in [2.24, 2.45) is 5.14 Å². The standard InChI is InChI=1S/C22H29N3O4S/c1-15(2)17-4-6-18(7-5-17)16(3)24-22(26)20-14-19(30(23,27)28)8-9-21(20)25-10-12-29-13-11-25/h4-9,14-16H,10-13H2,1-3H3,(H,24,26)(H2,23,27,28). The molecule has 7 nitrogen and oxygen atoms in total. The van der Waals surface area contributed by atoms with E-state index >= 15 is 0 Å². The van der Waals surface area contributed by atoms with Crippen molar-refractivity contribution in [2.45, 2.75) is 37.6 Å². The largest absolute Gasteiger partial charge is 0.378 e. The molecule has 0 bridgehead atoms. The highest BCUT2D eigenvalue weighted by Gasteiger charge is 2.23. The molecule has 8 heteroatoms. The van der Waals surface area contributed by atoms with Crippen molar-refractivity contribution in [1.82, 2.24) is 5.32 Å². The first kappa shape index (κ1) is 22.3. The Bertz CT molecular complexity index is 998. The molecule has 0 spiro atoms. The van der Waals surface area contributed by atoms with Crippen LogP contribution in [-0.4, -0.2) is 40.6 Å². The van der Waals surface area contributed by atoms with E-state index in [1.54, 1.807) is 6.07 Å². The van der Waals surface area contributed by atoms with Gasteiger partial charge in [0.15, 0.2) is 0 Å². The fourth-order valence-corrected chi connectivity index (χ4v) is 4.02. The second-order valence-electron chi connectivity index (χ2n) is 7.84. The van der Waals surface area contributed by atoms with Gasteiger partial charge in [0.05, 0.1) is 29.7 Å². The summed E-state index contributed by atoms with van der Waals surface area (Å²) < 4.78 is 29.1. The molecule has 1 fully saturated rings. The van der Waals surface area contributed by atoms with Gasteiger partial charge >= 0.3 is 0 Å². The van der Waals surface area contributed by atoms with E-state index in [4.69, 9.17) is 9.88 Å². The number of benzene rings is 2. The molecular weight excluding hydrogens is 402 g/mol. The first-order valence-corrected chi connectivity index (χ1v) is 11.6. The van der Waals surface area contributed by atoms with Crippen molar-refractivity contribution >= 4 is 21.6 Å². The minimum absolute atomic E-state index is 0.0846. The van der Waals surface area contributed by atoms with Crippen LogP contribution in [0.5, 0.6) is 0 Å². The average molecular weight is 432 g/mol. The molecule has 2 aromatic carbocycles. The summed E-state index contributed by atoms with van der Waals surface area (Å²) in [5, 5.41) is 8.28. The molecule has 162 valence electrons. The number of ether oxygens (including phenoxy) is 1. The minimum atomic E-state index is -3.92. The first-order valence-electron chi connectivity index (χ1n) is 10.1. The Balaban J connectivity index is 1.88. The van der Waals surface area contributed by atoms with E-state index in [2.05, 4.69) is 31.3 Å². The predicted molar refractivity (Wildman–Crippen MR) is 117 cm³/mol. The third-order valence-electron chi connectivity index (χ3n) is 5.34. The lowest BCUT2D eigenvalue weighted by Gasteiger charge is -2.30. The number of hydrogen-bond acceptors (Lipinski definition) is 5. The van der Waals surface area contributed by atoms with Gasteiger partial charge in [0.25, 0.3) is 5.91 Å². The van der Waals surface area contributed by atoms with Crippen LogP contribution in [-0.2, 0) is 14.8 Å². The van der Waals surface area contributed by atoms with Gasteiger partial charge in [0.1, 0.15) is 0 Å². The maximum atomic E-state index is 13.1. The average Bonchev–Trinajstić information content (AvgIpc) is 2.73. The topological polar surface area (TPSA) is 102 Å². The Morgan fingerprint density at radius 2 is 1.63 bits per heavy atom. The lowest BCUT2D eigenvalue weighted by molar-refractivity contribution is 0.0938. The van der Waals surface area contributed by atoms with Crippen LogP contribution in [0.25, 0.3) is 0 Å². The number of amides is 1. The highest BCUT2D eigenvalue weighted by Crippen LogP contribution is 2.26. The van der Waals surface area contributed by atoms with Crippen LogP contribution in [0.1, 0.15) is 54.2 Å². The Kier molecular flexibility index (Phi) is 6.80. The molecule has 30 heavy (non-hydrogen) atoms. The molecule has 1 aliphatic heterocycles. The Labute approximate surface area is 178 Å². The molecule has 1 saturated heterocycles. The van der Waals surface area contributed by atoms with Crippen LogP contribution in [0.15, 0.2) is 47.4 Å². The van der Waals surface area contributed by atoms with Crippen LogP contribution in [0.4, 0.5) is 5.69 Å². The third-order valence-corrected chi connectivity index (χ3v) is 6.25. The van der Waals surface area contributed by atoms with E-state index in [1.807, 2.05) is 24.0 Å². The van der Waals surface area contributed by atoms with Crippen LogP contribution in [0.3, 0.4) is 0 Å². The zero-order valence-electron chi connectivity index (χ0n) is 17.6. The number of hydrogen-bond donors (Lipinski definition) is 2. The lowest BCUT2D eigenvalue weighted by Crippen LogP contribution is -2.38. The van der Waals surface area contributed by atoms with Gasteiger partial charge in [0, 0.05) is 18.8 Å². The molecule has 3 rings (SSSR count). The highest BCUT2D eigenvalue weighted by molar-refractivity contribution is 7.89. The smallest absolute Gasteiger partial charge is 0.253 e. The number of nitrogens with two attached hydrogens (primary N) is 1. The number of primary sulfonamides is 1. The second kappa shape index (κ2) is 9.16. The fourth-order valence-electron chi connectivity index (χ4n) is 3.48. The van der Waals surface area contributed by atoms with Crippen LogP contribution < -0.4 is 15.4 Å². The van der Waals surface area contributed by atoms with E-state index in [-0.39, 0.29) is 22.4 Å². The minimum Gasteiger partial charge on any atom is -0.378 e. The number of anilines is 1. The maximum Gasteiger partial charge on any atom is 0.253 e. The van der Waals surface area contributed by atoms with Gasteiger partial charge in [-0.05, 0) is 42.2 Å². The molecule has 1 aliphatic rings. The number of carbonyl (C=O) groups excluding carboxylic acids is 1. The van der Waals surface area contributed by atoms with Gasteiger partial charge in [-0.3, -0.25) is 4.79 Å². The van der Waals surface area contributed by atoms with E-state index in [1.165, 1.54) is 17.7 Å². The van der Waals surface area contributed by atoms with E-state index in [0.29, 0.717) is 37.9 Å². The lowest BCUT2D eigenvalue weighted by atomic mass is 9.99. The molecule has 0 radical (unpaired) electrons. The maximum absolute atomic E-state index is 13.1. The Morgan fingerprint density at radius 1 is 1.03 bits per heavy atom. The molecule has 1 unspecified atom stereocenters. The zero-order valence-corrected chi connectivity index (χ0v) is 18.4. The number of sulfonamides is 1. The molecule has 0 aliphatic carbocycles. The highest BCUT2D eigenvalue weighted by atomic mass is 32.2. The molecule has 1 atom stereocenters. The van der Waals surface area contributed by atoms with Crippen LogP contribution in [0, 0.1) is 0 Å². The van der Waals surface area contributed by atoms with Gasteiger partial charge < -0.3 is 15.0 Å². The summed E-state index contributed by atoms with van der Waals surface area (Å²) in [6.45, 7) is 8.52. The monoisotopic (exact) mass is 431 g/mol. The molecule has 2 aromatic rings. The molecule has 1 amide bonds. The van der Waals surface area contributed by atoms with Gasteiger partial charge in [-0.25, -0.2) is 13.6 Å². The van der Waals surface area contributed by atoms with Crippen molar-refractivity contribution in [3.05, 3.63) is 59.2 Å². The quantitative estimate of drug-likeness (QED) is 0.732. The fraction of sp³-hybridized carbons (Fsp3) is 0.409. The Hall–Kier alpha value is -2.42. The third kappa shape index (κ3) is 5.19. The predicted octanol–water partition coefficient (Wildman–Crippen LogP) is 2.79. The number of nitrogens with zero attached hydrogens (tertiary/aromatic N) is 1.